The fourth-order valence-electron chi connectivity index (χ4n) is 3.38. The van der Waals surface area contributed by atoms with E-state index in [0.717, 1.165) is 22.0 Å². The molecule has 4 rings (SSSR count). The number of sulfonamides is 1. The van der Waals surface area contributed by atoms with Gasteiger partial charge in [0, 0.05) is 25.2 Å². The number of hydrogen-bond acceptors (Lipinski definition) is 4. The Balaban J connectivity index is 1.51. The molecule has 2 aliphatic heterocycles. The van der Waals surface area contributed by atoms with Crippen molar-refractivity contribution in [3.63, 3.8) is 0 Å². The molecule has 0 aliphatic carbocycles. The third kappa shape index (κ3) is 2.42. The van der Waals surface area contributed by atoms with Crippen LogP contribution in [0.1, 0.15) is 22.3 Å². The summed E-state index contributed by atoms with van der Waals surface area (Å²) in [4.78, 5) is 26.6. The highest BCUT2D eigenvalue weighted by Crippen LogP contribution is 2.31. The van der Waals surface area contributed by atoms with E-state index >= 15 is 0 Å². The summed E-state index contributed by atoms with van der Waals surface area (Å²) in [5.74, 6) is -0.742. The van der Waals surface area contributed by atoms with Gasteiger partial charge in [-0.05, 0) is 30.2 Å². The lowest BCUT2D eigenvalue weighted by Gasteiger charge is -2.20. The van der Waals surface area contributed by atoms with Gasteiger partial charge in [-0.1, -0.05) is 30.3 Å². The first-order valence-corrected chi connectivity index (χ1v) is 9.48. The SMILES string of the molecule is O=C(CCN1C(=O)c2ccccc2S1(=O)=O)N1CCc2ccccc21. The predicted molar refractivity (Wildman–Crippen MR) is 91.8 cm³/mol. The molecule has 0 saturated carbocycles. The molecule has 0 N–H and O–H groups in total. The van der Waals surface area contributed by atoms with Crippen molar-refractivity contribution < 1.29 is 18.0 Å². The van der Waals surface area contributed by atoms with Gasteiger partial charge in [0.2, 0.25) is 5.91 Å². The fraction of sp³-hybridized carbons (Fsp3) is 0.222. The van der Waals surface area contributed by atoms with E-state index in [2.05, 4.69) is 0 Å². The van der Waals surface area contributed by atoms with Gasteiger partial charge in [-0.15, -0.1) is 0 Å². The van der Waals surface area contributed by atoms with E-state index in [0.29, 0.717) is 6.54 Å². The molecule has 0 saturated heterocycles. The Morgan fingerprint density at radius 1 is 1.04 bits per heavy atom. The molecule has 2 aliphatic rings. The highest BCUT2D eigenvalue weighted by molar-refractivity contribution is 7.90. The van der Waals surface area contributed by atoms with Gasteiger partial charge in [-0.3, -0.25) is 9.59 Å². The molecule has 25 heavy (non-hydrogen) atoms. The number of rotatable bonds is 3. The third-order valence-electron chi connectivity index (χ3n) is 4.63. The zero-order chi connectivity index (χ0) is 17.6. The Hall–Kier alpha value is -2.67. The number of fused-ring (bicyclic) bond motifs is 2. The summed E-state index contributed by atoms with van der Waals surface area (Å²) < 4.78 is 25.8. The largest absolute Gasteiger partial charge is 0.312 e. The van der Waals surface area contributed by atoms with E-state index in [1.54, 1.807) is 17.0 Å². The molecule has 0 radical (unpaired) electrons. The van der Waals surface area contributed by atoms with Crippen LogP contribution in [0, 0.1) is 0 Å². The number of hydrogen-bond donors (Lipinski definition) is 0. The van der Waals surface area contributed by atoms with Crippen LogP contribution in [0.2, 0.25) is 0 Å². The van der Waals surface area contributed by atoms with E-state index in [1.165, 1.54) is 12.1 Å². The number of nitrogens with zero attached hydrogens (tertiary/aromatic N) is 2. The van der Waals surface area contributed by atoms with Crippen molar-refractivity contribution in [2.75, 3.05) is 18.0 Å². The predicted octanol–water partition coefficient (Wildman–Crippen LogP) is 1.81. The van der Waals surface area contributed by atoms with Crippen LogP contribution in [0.4, 0.5) is 5.69 Å². The molecule has 6 nitrogen and oxygen atoms in total. The molecule has 0 bridgehead atoms. The molecule has 2 amide bonds. The Morgan fingerprint density at radius 3 is 2.56 bits per heavy atom. The van der Waals surface area contributed by atoms with Crippen molar-refractivity contribution in [1.82, 2.24) is 4.31 Å². The van der Waals surface area contributed by atoms with Crippen LogP contribution in [-0.4, -0.2) is 37.6 Å². The Kier molecular flexibility index (Phi) is 3.61. The van der Waals surface area contributed by atoms with Gasteiger partial charge in [0.25, 0.3) is 15.9 Å². The number of benzene rings is 2. The minimum absolute atomic E-state index is 0.0129. The highest BCUT2D eigenvalue weighted by Gasteiger charge is 2.41. The summed E-state index contributed by atoms with van der Waals surface area (Å²) >= 11 is 0. The number of para-hydroxylation sites is 1. The molecule has 0 spiro atoms. The van der Waals surface area contributed by atoms with Crippen LogP contribution >= 0.6 is 0 Å². The highest BCUT2D eigenvalue weighted by atomic mass is 32.2. The van der Waals surface area contributed by atoms with E-state index in [1.807, 2.05) is 24.3 Å². The smallest absolute Gasteiger partial charge is 0.269 e. The lowest BCUT2D eigenvalue weighted by atomic mass is 10.2. The second-order valence-corrected chi connectivity index (χ2v) is 7.88. The monoisotopic (exact) mass is 356 g/mol. The summed E-state index contributed by atoms with van der Waals surface area (Å²) in [7, 11) is -3.86. The fourth-order valence-corrected chi connectivity index (χ4v) is 4.95. The van der Waals surface area contributed by atoms with Crippen LogP contribution in [-0.2, 0) is 21.2 Å². The van der Waals surface area contributed by atoms with E-state index < -0.39 is 15.9 Å². The molecular formula is C18H16N2O4S. The summed E-state index contributed by atoms with van der Waals surface area (Å²) in [6, 6.07) is 13.8. The lowest BCUT2D eigenvalue weighted by molar-refractivity contribution is -0.118. The quantitative estimate of drug-likeness (QED) is 0.841. The molecular weight excluding hydrogens is 340 g/mol. The normalized spacial score (nSPS) is 17.5. The van der Waals surface area contributed by atoms with Crippen molar-refractivity contribution >= 4 is 27.5 Å². The van der Waals surface area contributed by atoms with Crippen molar-refractivity contribution in [3.05, 3.63) is 59.7 Å². The van der Waals surface area contributed by atoms with Gasteiger partial charge in [-0.2, -0.15) is 0 Å². The van der Waals surface area contributed by atoms with Crippen LogP contribution in [0.5, 0.6) is 0 Å². The first kappa shape index (κ1) is 15.8. The zero-order valence-corrected chi connectivity index (χ0v) is 14.2. The standard InChI is InChI=1S/C18H16N2O4S/c21-17(19-11-9-13-5-1-3-7-15(13)19)10-12-20-18(22)14-6-2-4-8-16(14)25(20,23)24/h1-8H,9-12H2. The average Bonchev–Trinajstić information content (AvgIpc) is 3.12. The van der Waals surface area contributed by atoms with Crippen molar-refractivity contribution in [1.29, 1.82) is 0 Å². The van der Waals surface area contributed by atoms with Crippen molar-refractivity contribution in [2.24, 2.45) is 0 Å². The molecule has 0 unspecified atom stereocenters. The Labute approximate surface area is 145 Å². The van der Waals surface area contributed by atoms with Crippen LogP contribution < -0.4 is 4.90 Å². The van der Waals surface area contributed by atoms with Gasteiger partial charge in [0.15, 0.2) is 0 Å². The second-order valence-electron chi connectivity index (χ2n) is 6.05. The van der Waals surface area contributed by atoms with Crippen LogP contribution in [0.15, 0.2) is 53.4 Å². The molecule has 0 fully saturated rings. The van der Waals surface area contributed by atoms with E-state index in [-0.39, 0.29) is 29.3 Å². The number of anilines is 1. The van der Waals surface area contributed by atoms with Crippen molar-refractivity contribution in [2.45, 2.75) is 17.7 Å². The summed E-state index contributed by atoms with van der Waals surface area (Å²) in [6.45, 7) is 0.437. The molecule has 2 aromatic carbocycles. The number of amides is 2. The maximum absolute atomic E-state index is 12.5. The first-order chi connectivity index (χ1) is 12.0. The Morgan fingerprint density at radius 2 is 1.76 bits per heavy atom. The molecule has 2 aromatic rings. The molecule has 7 heteroatoms. The molecule has 0 atom stereocenters. The summed E-state index contributed by atoms with van der Waals surface area (Å²) in [5, 5.41) is 0. The average molecular weight is 356 g/mol. The van der Waals surface area contributed by atoms with Gasteiger partial charge in [0.1, 0.15) is 4.90 Å². The van der Waals surface area contributed by atoms with Gasteiger partial charge >= 0.3 is 0 Å². The van der Waals surface area contributed by atoms with Crippen molar-refractivity contribution in [3.8, 4) is 0 Å². The zero-order valence-electron chi connectivity index (χ0n) is 13.4. The maximum Gasteiger partial charge on any atom is 0.269 e. The number of carbonyl (C=O) groups is 2. The lowest BCUT2D eigenvalue weighted by Crippen LogP contribution is -2.36. The van der Waals surface area contributed by atoms with Gasteiger partial charge < -0.3 is 4.90 Å². The maximum atomic E-state index is 12.5. The van der Waals surface area contributed by atoms with E-state index in [9.17, 15) is 18.0 Å². The number of carbonyl (C=O) groups excluding carboxylic acids is 2. The Bertz CT molecular complexity index is 984. The van der Waals surface area contributed by atoms with Gasteiger partial charge in [-0.25, -0.2) is 12.7 Å². The van der Waals surface area contributed by atoms with Gasteiger partial charge in [0.05, 0.1) is 5.56 Å². The summed E-state index contributed by atoms with van der Waals surface area (Å²) in [5.41, 5.74) is 2.14. The van der Waals surface area contributed by atoms with E-state index in [4.69, 9.17) is 0 Å². The minimum atomic E-state index is -3.86. The van der Waals surface area contributed by atoms with Crippen LogP contribution in [0.3, 0.4) is 0 Å². The minimum Gasteiger partial charge on any atom is -0.312 e. The molecule has 0 aromatic heterocycles. The molecule has 128 valence electrons. The molecule has 2 heterocycles. The van der Waals surface area contributed by atoms with Crippen LogP contribution in [0.25, 0.3) is 0 Å². The topological polar surface area (TPSA) is 74.8 Å². The summed E-state index contributed by atoms with van der Waals surface area (Å²) in [6.07, 6.45) is 0.752. The second kappa shape index (κ2) is 5.70. The third-order valence-corrected chi connectivity index (χ3v) is 6.47. The first-order valence-electron chi connectivity index (χ1n) is 8.04.